The normalized spacial score (nSPS) is 12.7. The molecule has 2 amide bonds. The van der Waals surface area contributed by atoms with Gasteiger partial charge in [-0.3, -0.25) is 13.9 Å². The van der Waals surface area contributed by atoms with Crippen LogP contribution in [-0.2, 0) is 32.6 Å². The Morgan fingerprint density at radius 1 is 0.848 bits per heavy atom. The Morgan fingerprint density at radius 2 is 1.48 bits per heavy atom. The van der Waals surface area contributed by atoms with Crippen molar-refractivity contribution in [1.29, 1.82) is 0 Å². The van der Waals surface area contributed by atoms with Crippen molar-refractivity contribution < 1.29 is 22.4 Å². The molecule has 0 aliphatic heterocycles. The Labute approximate surface area is 272 Å². The van der Waals surface area contributed by atoms with E-state index in [1.807, 2.05) is 70.2 Å². The first-order valence-corrected chi connectivity index (χ1v) is 16.9. The number of hydrogen-bond acceptors (Lipinski definition) is 4. The molecule has 7 nitrogen and oxygen atoms in total. The maximum atomic E-state index is 15.1. The van der Waals surface area contributed by atoms with E-state index < -0.39 is 40.2 Å². The smallest absolute Gasteiger partial charge is 0.264 e. The van der Waals surface area contributed by atoms with E-state index in [0.29, 0.717) is 17.7 Å². The third-order valence-electron chi connectivity index (χ3n) is 8.09. The maximum absolute atomic E-state index is 15.1. The average molecular weight is 644 g/mol. The van der Waals surface area contributed by atoms with E-state index in [1.54, 1.807) is 43.3 Å². The molecule has 0 bridgehead atoms. The van der Waals surface area contributed by atoms with Crippen LogP contribution in [0.1, 0.15) is 48.1 Å². The Kier molecular flexibility index (Phi) is 11.4. The number of carbonyl (C=O) groups is 2. The summed E-state index contributed by atoms with van der Waals surface area (Å²) in [5.41, 5.74) is 3.73. The van der Waals surface area contributed by atoms with Gasteiger partial charge in [0.25, 0.3) is 10.0 Å². The van der Waals surface area contributed by atoms with Gasteiger partial charge in [-0.05, 0) is 75.1 Å². The minimum absolute atomic E-state index is 0.0304. The summed E-state index contributed by atoms with van der Waals surface area (Å²) in [7, 11) is -4.24. The lowest BCUT2D eigenvalue weighted by atomic mass is 10.0. The molecule has 4 aromatic rings. The van der Waals surface area contributed by atoms with Crippen LogP contribution < -0.4 is 9.62 Å². The zero-order valence-corrected chi connectivity index (χ0v) is 27.9. The molecule has 0 radical (unpaired) electrons. The number of anilines is 1. The van der Waals surface area contributed by atoms with Crippen molar-refractivity contribution in [3.05, 3.63) is 131 Å². The molecule has 242 valence electrons. The fourth-order valence-corrected chi connectivity index (χ4v) is 6.61. The van der Waals surface area contributed by atoms with Crippen molar-refractivity contribution >= 4 is 27.5 Å². The van der Waals surface area contributed by atoms with Gasteiger partial charge in [0.1, 0.15) is 18.4 Å². The van der Waals surface area contributed by atoms with Crippen molar-refractivity contribution in [3.8, 4) is 0 Å². The highest BCUT2D eigenvalue weighted by atomic mass is 32.2. The van der Waals surface area contributed by atoms with Crippen LogP contribution in [0.4, 0.5) is 10.1 Å². The van der Waals surface area contributed by atoms with Crippen molar-refractivity contribution in [1.82, 2.24) is 10.2 Å². The monoisotopic (exact) mass is 643 g/mol. The zero-order chi connectivity index (χ0) is 33.4. The minimum atomic E-state index is -4.24. The first-order valence-electron chi connectivity index (χ1n) is 15.4. The van der Waals surface area contributed by atoms with Crippen LogP contribution in [0.3, 0.4) is 0 Å². The van der Waals surface area contributed by atoms with E-state index in [4.69, 9.17) is 0 Å². The fraction of sp³-hybridized carbons (Fsp3) is 0.297. The van der Waals surface area contributed by atoms with Crippen LogP contribution >= 0.6 is 0 Å². The van der Waals surface area contributed by atoms with Crippen LogP contribution in [0.5, 0.6) is 0 Å². The van der Waals surface area contributed by atoms with Crippen molar-refractivity contribution in [3.63, 3.8) is 0 Å². The SMILES string of the molecule is CCC(C)NC(=O)C(Cc1ccccc1)N(Cc1ccccc1F)C(=O)CN(c1cc(C)ccc1C)S(=O)(=O)c1ccc(C)cc1. The summed E-state index contributed by atoms with van der Waals surface area (Å²) in [6, 6.07) is 26.0. The summed E-state index contributed by atoms with van der Waals surface area (Å²) in [6.45, 7) is 8.47. The summed E-state index contributed by atoms with van der Waals surface area (Å²) in [5.74, 6) is -1.57. The highest BCUT2D eigenvalue weighted by molar-refractivity contribution is 7.92. The molecule has 4 aromatic carbocycles. The van der Waals surface area contributed by atoms with Gasteiger partial charge in [0.05, 0.1) is 10.6 Å². The van der Waals surface area contributed by atoms with Crippen molar-refractivity contribution in [2.24, 2.45) is 0 Å². The summed E-state index contributed by atoms with van der Waals surface area (Å²) in [6.07, 6.45) is 0.817. The van der Waals surface area contributed by atoms with Gasteiger partial charge in [0.15, 0.2) is 0 Å². The number of sulfonamides is 1. The summed E-state index contributed by atoms with van der Waals surface area (Å²) < 4.78 is 44.7. The molecule has 0 aliphatic rings. The van der Waals surface area contributed by atoms with Gasteiger partial charge in [-0.15, -0.1) is 0 Å². The fourth-order valence-electron chi connectivity index (χ4n) is 5.14. The number of nitrogens with zero attached hydrogens (tertiary/aromatic N) is 2. The molecule has 2 unspecified atom stereocenters. The molecular weight excluding hydrogens is 601 g/mol. The molecule has 4 rings (SSSR count). The molecule has 0 spiro atoms. The molecule has 0 saturated heterocycles. The van der Waals surface area contributed by atoms with Gasteiger partial charge < -0.3 is 10.2 Å². The number of amides is 2. The number of aryl methyl sites for hydroxylation is 3. The quantitative estimate of drug-likeness (QED) is 0.180. The van der Waals surface area contributed by atoms with E-state index in [9.17, 15) is 18.0 Å². The van der Waals surface area contributed by atoms with E-state index in [1.165, 1.54) is 23.1 Å². The first kappa shape index (κ1) is 34.4. The summed E-state index contributed by atoms with van der Waals surface area (Å²) in [4.78, 5) is 29.8. The standard InChI is InChI=1S/C37H42FN3O4S/c1-6-29(5)39-37(43)35(23-30-12-8-7-9-13-30)40(24-31-14-10-11-15-33(31)38)36(42)25-41(34-22-27(3)16-19-28(34)4)46(44,45)32-20-17-26(2)18-21-32/h7-22,29,35H,6,23-25H2,1-5H3,(H,39,43). The molecule has 0 aromatic heterocycles. The first-order chi connectivity index (χ1) is 21.9. The molecule has 46 heavy (non-hydrogen) atoms. The molecule has 0 aliphatic carbocycles. The minimum Gasteiger partial charge on any atom is -0.352 e. The number of nitrogens with one attached hydrogen (secondary N) is 1. The largest absolute Gasteiger partial charge is 0.352 e. The lowest BCUT2D eigenvalue weighted by Crippen LogP contribution is -2.54. The maximum Gasteiger partial charge on any atom is 0.264 e. The molecule has 0 heterocycles. The van der Waals surface area contributed by atoms with Gasteiger partial charge in [-0.25, -0.2) is 12.8 Å². The highest BCUT2D eigenvalue weighted by Crippen LogP contribution is 2.29. The van der Waals surface area contributed by atoms with E-state index in [0.717, 1.165) is 21.0 Å². The number of carbonyl (C=O) groups excluding carboxylic acids is 2. The lowest BCUT2D eigenvalue weighted by molar-refractivity contribution is -0.140. The lowest BCUT2D eigenvalue weighted by Gasteiger charge is -2.34. The third-order valence-corrected chi connectivity index (χ3v) is 9.87. The van der Waals surface area contributed by atoms with Crippen molar-refractivity contribution in [2.45, 2.75) is 71.0 Å². The van der Waals surface area contributed by atoms with Gasteiger partial charge in [0, 0.05) is 24.6 Å². The van der Waals surface area contributed by atoms with E-state index in [2.05, 4.69) is 5.32 Å². The second kappa shape index (κ2) is 15.2. The van der Waals surface area contributed by atoms with Crippen LogP contribution in [0.2, 0.25) is 0 Å². The Hall–Kier alpha value is -4.50. The molecule has 0 saturated carbocycles. The van der Waals surface area contributed by atoms with Gasteiger partial charge in [-0.1, -0.05) is 85.3 Å². The van der Waals surface area contributed by atoms with E-state index >= 15 is 4.39 Å². The van der Waals surface area contributed by atoms with Crippen LogP contribution in [0, 0.1) is 26.6 Å². The number of rotatable bonds is 13. The van der Waals surface area contributed by atoms with Crippen molar-refractivity contribution in [2.75, 3.05) is 10.8 Å². The zero-order valence-electron chi connectivity index (χ0n) is 27.0. The Bertz CT molecular complexity index is 1760. The second-order valence-corrected chi connectivity index (χ2v) is 13.6. The third kappa shape index (κ3) is 8.40. The number of benzene rings is 4. The van der Waals surface area contributed by atoms with Crippen LogP contribution in [-0.4, -0.2) is 43.8 Å². The Balaban J connectivity index is 1.85. The highest BCUT2D eigenvalue weighted by Gasteiger charge is 2.35. The van der Waals surface area contributed by atoms with Crippen LogP contribution in [0.15, 0.2) is 102 Å². The van der Waals surface area contributed by atoms with Gasteiger partial charge in [-0.2, -0.15) is 0 Å². The van der Waals surface area contributed by atoms with Crippen LogP contribution in [0.25, 0.3) is 0 Å². The van der Waals surface area contributed by atoms with Gasteiger partial charge in [0.2, 0.25) is 11.8 Å². The summed E-state index contributed by atoms with van der Waals surface area (Å²) >= 11 is 0. The topological polar surface area (TPSA) is 86.8 Å². The molecular formula is C37H42FN3O4S. The molecule has 1 N–H and O–H groups in total. The van der Waals surface area contributed by atoms with Gasteiger partial charge >= 0.3 is 0 Å². The summed E-state index contributed by atoms with van der Waals surface area (Å²) in [5, 5.41) is 2.99. The second-order valence-electron chi connectivity index (χ2n) is 11.8. The predicted octanol–water partition coefficient (Wildman–Crippen LogP) is 6.50. The molecule has 0 fully saturated rings. The Morgan fingerprint density at radius 3 is 2.13 bits per heavy atom. The predicted molar refractivity (Wildman–Crippen MR) is 180 cm³/mol. The molecule has 9 heteroatoms. The van der Waals surface area contributed by atoms with E-state index in [-0.39, 0.29) is 29.5 Å². The number of hydrogen-bond donors (Lipinski definition) is 1. The number of halogens is 1. The average Bonchev–Trinajstić information content (AvgIpc) is 3.04. The molecule has 2 atom stereocenters.